The minimum Gasteiger partial charge on any atom is -0.481 e. The first-order chi connectivity index (χ1) is 13.7. The molecule has 0 heterocycles. The molecule has 0 aromatic heterocycles. The second kappa shape index (κ2) is 8.52. The Labute approximate surface area is 166 Å². The van der Waals surface area contributed by atoms with Gasteiger partial charge < -0.3 is 9.84 Å². The molecule has 2 N–H and O–H groups in total. The van der Waals surface area contributed by atoms with Crippen LogP contribution in [0, 0.1) is 0 Å². The Morgan fingerprint density at radius 1 is 1.03 bits per heavy atom. The van der Waals surface area contributed by atoms with Crippen molar-refractivity contribution < 1.29 is 49.4 Å². The molecular formula is C17H13F6NO5S. The molecule has 0 spiro atoms. The van der Waals surface area contributed by atoms with Crippen LogP contribution in [0.2, 0.25) is 0 Å². The highest BCUT2D eigenvalue weighted by atomic mass is 32.2. The molecule has 0 fully saturated rings. The minimum absolute atomic E-state index is 0.257. The summed E-state index contributed by atoms with van der Waals surface area (Å²) in [4.78, 5) is 10.5. The Morgan fingerprint density at radius 3 is 2.13 bits per heavy atom. The third-order valence-electron chi connectivity index (χ3n) is 3.66. The van der Waals surface area contributed by atoms with Crippen LogP contribution in [0.25, 0.3) is 0 Å². The molecule has 2 aromatic carbocycles. The van der Waals surface area contributed by atoms with Crippen LogP contribution < -0.4 is 9.46 Å². The number of carbonyl (C=O) groups is 1. The number of nitrogens with one attached hydrogen (secondary N) is 1. The van der Waals surface area contributed by atoms with Crippen molar-refractivity contribution in [3.8, 4) is 5.75 Å². The summed E-state index contributed by atoms with van der Waals surface area (Å²) in [7, 11) is -4.49. The largest absolute Gasteiger partial charge is 0.573 e. The average Bonchev–Trinajstić information content (AvgIpc) is 2.59. The lowest BCUT2D eigenvalue weighted by Crippen LogP contribution is -2.30. The van der Waals surface area contributed by atoms with Crippen LogP contribution in [0.3, 0.4) is 0 Å². The molecule has 2 rings (SSSR count). The fourth-order valence-electron chi connectivity index (χ4n) is 2.41. The summed E-state index contributed by atoms with van der Waals surface area (Å²) in [5.74, 6) is -2.18. The Bertz CT molecular complexity index is 1000. The van der Waals surface area contributed by atoms with E-state index in [1.54, 1.807) is 0 Å². The van der Waals surface area contributed by atoms with Gasteiger partial charge in [0, 0.05) is 0 Å². The van der Waals surface area contributed by atoms with Gasteiger partial charge in [-0.05, 0) is 42.0 Å². The summed E-state index contributed by atoms with van der Waals surface area (Å²) >= 11 is 0. The van der Waals surface area contributed by atoms with Crippen LogP contribution in [0.1, 0.15) is 23.6 Å². The Kier molecular flexibility index (Phi) is 6.67. The zero-order valence-electron chi connectivity index (χ0n) is 14.7. The van der Waals surface area contributed by atoms with E-state index in [1.165, 1.54) is 0 Å². The number of ether oxygens (including phenoxy) is 1. The van der Waals surface area contributed by atoms with Gasteiger partial charge >= 0.3 is 18.5 Å². The maximum absolute atomic E-state index is 12.9. The van der Waals surface area contributed by atoms with E-state index < -0.39 is 57.2 Å². The number of aliphatic carboxylic acids is 1. The lowest BCUT2D eigenvalue weighted by molar-refractivity contribution is -0.274. The van der Waals surface area contributed by atoms with E-state index in [0.717, 1.165) is 42.5 Å². The molecule has 164 valence electrons. The number of benzene rings is 2. The van der Waals surface area contributed by atoms with Gasteiger partial charge in [0.1, 0.15) is 5.75 Å². The number of sulfonamides is 1. The van der Waals surface area contributed by atoms with Crippen LogP contribution in [0.15, 0.2) is 53.4 Å². The Morgan fingerprint density at radius 2 is 1.63 bits per heavy atom. The normalized spacial score (nSPS) is 13.7. The van der Waals surface area contributed by atoms with Crippen molar-refractivity contribution >= 4 is 16.0 Å². The van der Waals surface area contributed by atoms with Gasteiger partial charge in [-0.2, -0.15) is 13.2 Å². The summed E-state index contributed by atoms with van der Waals surface area (Å²) in [6.07, 6.45) is -10.6. The van der Waals surface area contributed by atoms with Gasteiger partial charge in [0.05, 0.1) is 22.9 Å². The Hall–Kier alpha value is -2.80. The van der Waals surface area contributed by atoms with Crippen LogP contribution in [-0.4, -0.2) is 25.9 Å². The number of carboxylic acid groups (broad SMARTS) is 1. The molecule has 30 heavy (non-hydrogen) atoms. The van der Waals surface area contributed by atoms with Crippen molar-refractivity contribution in [3.63, 3.8) is 0 Å². The molecule has 1 unspecified atom stereocenters. The molecular weight excluding hydrogens is 444 g/mol. The van der Waals surface area contributed by atoms with E-state index in [2.05, 4.69) is 4.74 Å². The quantitative estimate of drug-likeness (QED) is 0.611. The molecule has 0 saturated heterocycles. The maximum Gasteiger partial charge on any atom is 0.573 e. The topological polar surface area (TPSA) is 92.7 Å². The van der Waals surface area contributed by atoms with E-state index in [1.807, 2.05) is 4.72 Å². The van der Waals surface area contributed by atoms with Gasteiger partial charge in [0.2, 0.25) is 10.0 Å². The molecule has 0 aliphatic heterocycles. The summed E-state index contributed by atoms with van der Waals surface area (Å²) in [5.41, 5.74) is -1.36. The number of carboxylic acids is 1. The number of halogens is 6. The van der Waals surface area contributed by atoms with Gasteiger partial charge in [-0.25, -0.2) is 13.1 Å². The van der Waals surface area contributed by atoms with Gasteiger partial charge in [0.25, 0.3) is 0 Å². The third kappa shape index (κ3) is 6.62. The van der Waals surface area contributed by atoms with Gasteiger partial charge in [-0.3, -0.25) is 4.79 Å². The molecule has 0 bridgehead atoms. The summed E-state index contributed by atoms with van der Waals surface area (Å²) in [5, 5.41) is 9.01. The number of hydrogen-bond acceptors (Lipinski definition) is 4. The zero-order chi connectivity index (χ0) is 22.7. The lowest BCUT2D eigenvalue weighted by Gasteiger charge is -2.19. The van der Waals surface area contributed by atoms with E-state index in [4.69, 9.17) is 5.11 Å². The number of hydrogen-bond donors (Lipinski definition) is 2. The highest BCUT2D eigenvalue weighted by Gasteiger charge is 2.33. The van der Waals surface area contributed by atoms with Crippen LogP contribution in [0.5, 0.6) is 5.75 Å². The van der Waals surface area contributed by atoms with Crippen molar-refractivity contribution in [3.05, 3.63) is 59.7 Å². The smallest absolute Gasteiger partial charge is 0.481 e. The SMILES string of the molecule is O=C(O)CC(NS(=O)(=O)c1ccc(OC(F)(F)F)cc1)c1cccc(C(F)(F)F)c1. The first-order valence-corrected chi connectivity index (χ1v) is 9.43. The summed E-state index contributed by atoms with van der Waals surface area (Å²) in [6, 6.07) is 4.86. The number of rotatable bonds is 7. The number of alkyl halides is 6. The fourth-order valence-corrected chi connectivity index (χ4v) is 3.63. The van der Waals surface area contributed by atoms with Gasteiger partial charge in [0.15, 0.2) is 0 Å². The van der Waals surface area contributed by atoms with Crippen LogP contribution in [0.4, 0.5) is 26.3 Å². The van der Waals surface area contributed by atoms with Crippen molar-refractivity contribution in [2.75, 3.05) is 0 Å². The molecule has 6 nitrogen and oxygen atoms in total. The molecule has 0 saturated carbocycles. The van der Waals surface area contributed by atoms with Crippen molar-refractivity contribution in [2.24, 2.45) is 0 Å². The predicted molar refractivity (Wildman–Crippen MR) is 89.9 cm³/mol. The fraction of sp³-hybridized carbons (Fsp3) is 0.235. The first-order valence-electron chi connectivity index (χ1n) is 7.94. The Balaban J connectivity index is 2.33. The van der Waals surface area contributed by atoms with Crippen LogP contribution in [-0.2, 0) is 21.0 Å². The summed E-state index contributed by atoms with van der Waals surface area (Å²) in [6.45, 7) is 0. The molecule has 1 atom stereocenters. The molecule has 13 heteroatoms. The molecule has 0 radical (unpaired) electrons. The van der Waals surface area contributed by atoms with E-state index in [-0.39, 0.29) is 5.56 Å². The van der Waals surface area contributed by atoms with E-state index >= 15 is 0 Å². The third-order valence-corrected chi connectivity index (χ3v) is 5.15. The molecule has 0 aliphatic carbocycles. The summed E-state index contributed by atoms with van der Waals surface area (Å²) < 4.78 is 106. The van der Waals surface area contributed by atoms with Crippen molar-refractivity contribution in [1.29, 1.82) is 0 Å². The van der Waals surface area contributed by atoms with Crippen molar-refractivity contribution in [1.82, 2.24) is 4.72 Å². The minimum atomic E-state index is -4.99. The van der Waals surface area contributed by atoms with Crippen molar-refractivity contribution in [2.45, 2.75) is 29.9 Å². The monoisotopic (exact) mass is 457 g/mol. The van der Waals surface area contributed by atoms with E-state index in [9.17, 15) is 39.6 Å². The second-order valence-corrected chi connectivity index (χ2v) is 7.63. The maximum atomic E-state index is 12.9. The van der Waals surface area contributed by atoms with E-state index in [0.29, 0.717) is 6.07 Å². The average molecular weight is 457 g/mol. The zero-order valence-corrected chi connectivity index (χ0v) is 15.5. The second-order valence-electron chi connectivity index (χ2n) is 5.91. The molecule has 0 amide bonds. The predicted octanol–water partition coefficient (Wildman–Crippen LogP) is 4.10. The highest BCUT2D eigenvalue weighted by Crippen LogP contribution is 2.32. The highest BCUT2D eigenvalue weighted by molar-refractivity contribution is 7.89. The lowest BCUT2D eigenvalue weighted by atomic mass is 10.0. The molecule has 2 aromatic rings. The molecule has 0 aliphatic rings. The van der Waals surface area contributed by atoms with Crippen LogP contribution >= 0.6 is 0 Å². The van der Waals surface area contributed by atoms with Gasteiger partial charge in [-0.1, -0.05) is 12.1 Å². The first kappa shape index (κ1) is 23.5. The standard InChI is InChI=1S/C17H13F6NO5S/c18-16(19,20)11-3-1-2-10(8-11)14(9-15(25)26)24-30(27,28)13-6-4-12(5-7-13)29-17(21,22)23/h1-8,14,24H,9H2,(H,25,26). The van der Waals surface area contributed by atoms with Gasteiger partial charge in [-0.15, -0.1) is 13.2 Å².